The van der Waals surface area contributed by atoms with E-state index >= 15 is 0 Å². The molecule has 3 rings (SSSR count). The van der Waals surface area contributed by atoms with E-state index in [4.69, 9.17) is 4.74 Å². The van der Waals surface area contributed by atoms with Gasteiger partial charge in [0.05, 0.1) is 12.6 Å². The number of fused-ring (bicyclic) bond motifs is 1. The number of hydrogen-bond donors (Lipinski definition) is 2. The summed E-state index contributed by atoms with van der Waals surface area (Å²) in [4.78, 5) is 12.4. The van der Waals surface area contributed by atoms with E-state index in [1.807, 2.05) is 37.3 Å². The van der Waals surface area contributed by atoms with Gasteiger partial charge in [-0.15, -0.1) is 0 Å². The first kappa shape index (κ1) is 17.5. The van der Waals surface area contributed by atoms with Crippen molar-refractivity contribution in [1.29, 1.82) is 0 Å². The third kappa shape index (κ3) is 4.60. The Hall–Kier alpha value is -2.33. The Kier molecular flexibility index (Phi) is 6.07. The predicted molar refractivity (Wildman–Crippen MR) is 99.3 cm³/mol. The lowest BCUT2D eigenvalue weighted by atomic mass is 9.88. The van der Waals surface area contributed by atoms with Crippen LogP contribution in [0.3, 0.4) is 0 Å². The van der Waals surface area contributed by atoms with Crippen LogP contribution in [-0.4, -0.2) is 12.6 Å². The van der Waals surface area contributed by atoms with Gasteiger partial charge in [-0.1, -0.05) is 48.5 Å². The minimum absolute atomic E-state index is 0.101. The first-order valence-electron chi connectivity index (χ1n) is 9.04. The van der Waals surface area contributed by atoms with E-state index in [1.165, 1.54) is 11.1 Å². The van der Waals surface area contributed by atoms with Gasteiger partial charge in [0.25, 0.3) is 0 Å². The zero-order valence-corrected chi connectivity index (χ0v) is 14.8. The van der Waals surface area contributed by atoms with Gasteiger partial charge in [-0.05, 0) is 48.4 Å². The fraction of sp³-hybridized carbons (Fsp3) is 0.381. The third-order valence-corrected chi connectivity index (χ3v) is 4.69. The molecule has 4 nitrogen and oxygen atoms in total. The molecule has 0 fully saturated rings. The van der Waals surface area contributed by atoms with E-state index in [2.05, 4.69) is 28.8 Å². The average molecular weight is 338 g/mol. The molecule has 0 saturated heterocycles. The molecular formula is C21H26N2O2. The van der Waals surface area contributed by atoms with Crippen LogP contribution < -0.4 is 10.6 Å². The lowest BCUT2D eigenvalue weighted by Crippen LogP contribution is -2.38. The number of carbonyl (C=O) groups is 1. The summed E-state index contributed by atoms with van der Waals surface area (Å²) in [7, 11) is 0. The molecule has 0 aromatic heterocycles. The van der Waals surface area contributed by atoms with Crippen molar-refractivity contribution in [3.8, 4) is 0 Å². The summed E-state index contributed by atoms with van der Waals surface area (Å²) in [5.74, 6) is 0. The SMILES string of the molecule is CCOCc1ccccc1CNC(=O)N[C@H]1CCCc2ccccc21. The number of benzene rings is 2. The summed E-state index contributed by atoms with van der Waals surface area (Å²) in [5, 5.41) is 6.11. The Morgan fingerprint density at radius 1 is 1.12 bits per heavy atom. The maximum Gasteiger partial charge on any atom is 0.315 e. The van der Waals surface area contributed by atoms with Crippen LogP contribution >= 0.6 is 0 Å². The Morgan fingerprint density at radius 2 is 1.88 bits per heavy atom. The van der Waals surface area contributed by atoms with Gasteiger partial charge in [0.2, 0.25) is 0 Å². The molecule has 4 heteroatoms. The van der Waals surface area contributed by atoms with Crippen molar-refractivity contribution >= 4 is 6.03 Å². The molecule has 2 amide bonds. The minimum Gasteiger partial charge on any atom is -0.377 e. The lowest BCUT2D eigenvalue weighted by Gasteiger charge is -2.26. The normalized spacial score (nSPS) is 16.1. The molecule has 0 radical (unpaired) electrons. The van der Waals surface area contributed by atoms with Crippen molar-refractivity contribution in [2.75, 3.05) is 6.61 Å². The maximum absolute atomic E-state index is 12.4. The van der Waals surface area contributed by atoms with Crippen LogP contribution in [0.5, 0.6) is 0 Å². The molecule has 1 atom stereocenters. The molecule has 0 saturated carbocycles. The van der Waals surface area contributed by atoms with Crippen LogP contribution in [0, 0.1) is 0 Å². The number of hydrogen-bond acceptors (Lipinski definition) is 2. The van der Waals surface area contributed by atoms with E-state index in [9.17, 15) is 4.79 Å². The van der Waals surface area contributed by atoms with Crippen LogP contribution in [0.15, 0.2) is 48.5 Å². The standard InChI is InChI=1S/C21H26N2O2/c1-2-25-15-18-10-4-3-9-17(18)14-22-21(24)23-20-13-7-11-16-8-5-6-12-19(16)20/h3-6,8-10,12,20H,2,7,11,13-15H2,1H3,(H2,22,23,24)/t20-/m0/s1. The van der Waals surface area contributed by atoms with Gasteiger partial charge < -0.3 is 15.4 Å². The lowest BCUT2D eigenvalue weighted by molar-refractivity contribution is 0.133. The summed E-state index contributed by atoms with van der Waals surface area (Å²) < 4.78 is 5.50. The maximum atomic E-state index is 12.4. The van der Waals surface area contributed by atoms with Crippen LogP contribution in [0.1, 0.15) is 48.1 Å². The van der Waals surface area contributed by atoms with E-state index in [0.717, 1.165) is 30.4 Å². The Morgan fingerprint density at radius 3 is 2.72 bits per heavy atom. The molecule has 2 N–H and O–H groups in total. The van der Waals surface area contributed by atoms with Gasteiger partial charge in [0, 0.05) is 13.2 Å². The Labute approximate surface area is 149 Å². The fourth-order valence-electron chi connectivity index (χ4n) is 3.37. The molecule has 25 heavy (non-hydrogen) atoms. The van der Waals surface area contributed by atoms with Gasteiger partial charge >= 0.3 is 6.03 Å². The molecular weight excluding hydrogens is 312 g/mol. The molecule has 1 aliphatic carbocycles. The van der Waals surface area contributed by atoms with Crippen LogP contribution in [-0.2, 0) is 24.3 Å². The number of nitrogens with one attached hydrogen (secondary N) is 2. The zero-order chi connectivity index (χ0) is 17.5. The van der Waals surface area contributed by atoms with E-state index in [1.54, 1.807) is 0 Å². The van der Waals surface area contributed by atoms with Gasteiger partial charge in [0.15, 0.2) is 0 Å². The van der Waals surface area contributed by atoms with Crippen molar-refractivity contribution in [1.82, 2.24) is 10.6 Å². The first-order valence-corrected chi connectivity index (χ1v) is 9.04. The average Bonchev–Trinajstić information content (AvgIpc) is 2.65. The number of rotatable bonds is 6. The molecule has 132 valence electrons. The van der Waals surface area contributed by atoms with E-state index < -0.39 is 0 Å². The van der Waals surface area contributed by atoms with Crippen molar-refractivity contribution in [2.45, 2.75) is 45.4 Å². The molecule has 2 aromatic rings. The Bertz CT molecular complexity index is 715. The number of carbonyl (C=O) groups excluding carboxylic acids is 1. The van der Waals surface area contributed by atoms with Crippen molar-refractivity contribution in [3.05, 3.63) is 70.8 Å². The summed E-state index contributed by atoms with van der Waals surface area (Å²) in [6, 6.07) is 16.4. The highest BCUT2D eigenvalue weighted by atomic mass is 16.5. The van der Waals surface area contributed by atoms with Crippen LogP contribution in [0.4, 0.5) is 4.79 Å². The highest BCUT2D eigenvalue weighted by molar-refractivity contribution is 5.74. The van der Waals surface area contributed by atoms with E-state index in [-0.39, 0.29) is 12.1 Å². The third-order valence-electron chi connectivity index (χ3n) is 4.69. The molecule has 0 unspecified atom stereocenters. The molecule has 2 aromatic carbocycles. The quantitative estimate of drug-likeness (QED) is 0.833. The molecule has 0 spiro atoms. The summed E-state index contributed by atoms with van der Waals surface area (Å²) in [5.41, 5.74) is 4.81. The molecule has 0 aliphatic heterocycles. The zero-order valence-electron chi connectivity index (χ0n) is 14.8. The number of ether oxygens (including phenoxy) is 1. The summed E-state index contributed by atoms with van der Waals surface area (Å²) in [6.07, 6.45) is 3.20. The second-order valence-corrected chi connectivity index (χ2v) is 6.38. The van der Waals surface area contributed by atoms with Gasteiger partial charge in [0.1, 0.15) is 0 Å². The fourth-order valence-corrected chi connectivity index (χ4v) is 3.37. The van der Waals surface area contributed by atoms with E-state index in [0.29, 0.717) is 19.8 Å². The largest absolute Gasteiger partial charge is 0.377 e. The van der Waals surface area contributed by atoms with Crippen molar-refractivity contribution < 1.29 is 9.53 Å². The molecule has 0 heterocycles. The van der Waals surface area contributed by atoms with Crippen molar-refractivity contribution in [3.63, 3.8) is 0 Å². The second kappa shape index (κ2) is 8.67. The molecule has 0 bridgehead atoms. The number of urea groups is 1. The monoisotopic (exact) mass is 338 g/mol. The smallest absolute Gasteiger partial charge is 0.315 e. The summed E-state index contributed by atoms with van der Waals surface area (Å²) in [6.45, 7) is 3.75. The predicted octanol–water partition coefficient (Wildman–Crippen LogP) is 4.10. The van der Waals surface area contributed by atoms with Gasteiger partial charge in [-0.25, -0.2) is 4.79 Å². The van der Waals surface area contributed by atoms with Crippen molar-refractivity contribution in [2.24, 2.45) is 0 Å². The van der Waals surface area contributed by atoms with Crippen LogP contribution in [0.2, 0.25) is 0 Å². The molecule has 1 aliphatic rings. The topological polar surface area (TPSA) is 50.4 Å². The number of aryl methyl sites for hydroxylation is 1. The summed E-state index contributed by atoms with van der Waals surface area (Å²) >= 11 is 0. The minimum atomic E-state index is -0.118. The highest BCUT2D eigenvalue weighted by Crippen LogP contribution is 2.29. The number of amides is 2. The van der Waals surface area contributed by atoms with Gasteiger partial charge in [-0.3, -0.25) is 0 Å². The first-order chi connectivity index (χ1) is 12.3. The Balaban J connectivity index is 1.58. The van der Waals surface area contributed by atoms with Gasteiger partial charge in [-0.2, -0.15) is 0 Å². The second-order valence-electron chi connectivity index (χ2n) is 6.38. The highest BCUT2D eigenvalue weighted by Gasteiger charge is 2.21. The van der Waals surface area contributed by atoms with Crippen LogP contribution in [0.25, 0.3) is 0 Å².